The van der Waals surface area contributed by atoms with E-state index in [1.807, 2.05) is 13.0 Å². The molecule has 0 heterocycles. The second-order valence-corrected chi connectivity index (χ2v) is 2.10. The summed E-state index contributed by atoms with van der Waals surface area (Å²) in [6.45, 7) is 1.83. The zero-order chi connectivity index (χ0) is 7.56. The van der Waals surface area contributed by atoms with E-state index >= 15 is 0 Å². The van der Waals surface area contributed by atoms with Gasteiger partial charge in [0.1, 0.15) is 0 Å². The van der Waals surface area contributed by atoms with Gasteiger partial charge in [-0.1, -0.05) is 12.1 Å². The molecule has 4 heteroatoms. The Balaban J connectivity index is 0. The summed E-state index contributed by atoms with van der Waals surface area (Å²) in [6.07, 6.45) is 0. The van der Waals surface area contributed by atoms with Crippen molar-refractivity contribution in [1.29, 1.82) is 0 Å². The smallest absolute Gasteiger partial charge is 1.00 e. The van der Waals surface area contributed by atoms with Crippen molar-refractivity contribution in [2.45, 2.75) is 6.92 Å². The summed E-state index contributed by atoms with van der Waals surface area (Å²) in [4.78, 5) is 9.76. The molecular formula is C7H8KNO2. The molecule has 0 N–H and O–H groups in total. The first-order valence-corrected chi connectivity index (χ1v) is 2.91. The van der Waals surface area contributed by atoms with Crippen molar-refractivity contribution in [3.8, 4) is 0 Å². The third-order valence-electron chi connectivity index (χ3n) is 1.21. The van der Waals surface area contributed by atoms with E-state index in [1.165, 1.54) is 6.07 Å². The molecule has 0 unspecified atom stereocenters. The van der Waals surface area contributed by atoms with E-state index < -0.39 is 4.92 Å². The minimum Gasteiger partial charge on any atom is -1.00 e. The maximum absolute atomic E-state index is 10.2. The third-order valence-corrected chi connectivity index (χ3v) is 1.21. The molecule has 3 nitrogen and oxygen atoms in total. The molecule has 0 radical (unpaired) electrons. The summed E-state index contributed by atoms with van der Waals surface area (Å²) in [5.41, 5.74) is 1.06. The normalized spacial score (nSPS) is 8.45. The predicted octanol–water partition coefficient (Wildman–Crippen LogP) is -0.980. The summed E-state index contributed by atoms with van der Waals surface area (Å²) in [7, 11) is 0. The first kappa shape index (κ1) is 11.3. The fourth-order valence-corrected chi connectivity index (χ4v) is 0.742. The van der Waals surface area contributed by atoms with Crippen LogP contribution in [0.5, 0.6) is 0 Å². The maximum Gasteiger partial charge on any atom is 1.00 e. The zero-order valence-electron chi connectivity index (χ0n) is 7.57. The molecule has 0 amide bonds. The van der Waals surface area contributed by atoms with Crippen LogP contribution in [0, 0.1) is 17.0 Å². The molecular weight excluding hydrogens is 169 g/mol. The predicted molar refractivity (Wildman–Crippen MR) is 38.9 cm³/mol. The molecule has 0 aromatic heterocycles. The van der Waals surface area contributed by atoms with Crippen molar-refractivity contribution in [1.82, 2.24) is 0 Å². The second-order valence-electron chi connectivity index (χ2n) is 2.10. The molecule has 0 saturated heterocycles. The van der Waals surface area contributed by atoms with Crippen molar-refractivity contribution >= 4 is 5.69 Å². The average molecular weight is 177 g/mol. The fourth-order valence-electron chi connectivity index (χ4n) is 0.742. The molecule has 1 aromatic carbocycles. The van der Waals surface area contributed by atoms with Crippen LogP contribution < -0.4 is 51.4 Å². The van der Waals surface area contributed by atoms with Crippen molar-refractivity contribution in [2.75, 3.05) is 0 Å². The molecule has 0 spiro atoms. The molecule has 0 aliphatic carbocycles. The second kappa shape index (κ2) is 5.00. The first-order valence-electron chi connectivity index (χ1n) is 2.91. The molecule has 0 aliphatic heterocycles. The number of hydrogen-bond donors (Lipinski definition) is 0. The van der Waals surface area contributed by atoms with Gasteiger partial charge in [0.25, 0.3) is 5.69 Å². The largest absolute Gasteiger partial charge is 1.00 e. The van der Waals surface area contributed by atoms with Gasteiger partial charge < -0.3 is 1.43 Å². The van der Waals surface area contributed by atoms with Gasteiger partial charge in [0.2, 0.25) is 0 Å². The van der Waals surface area contributed by atoms with Crippen LogP contribution in [0.4, 0.5) is 5.69 Å². The monoisotopic (exact) mass is 177 g/mol. The molecule has 0 saturated carbocycles. The van der Waals surface area contributed by atoms with E-state index in [4.69, 9.17) is 0 Å². The van der Waals surface area contributed by atoms with Crippen LogP contribution >= 0.6 is 0 Å². The number of non-ortho nitro benzene ring substituents is 1. The summed E-state index contributed by atoms with van der Waals surface area (Å²) in [6, 6.07) is 6.52. The van der Waals surface area contributed by atoms with Gasteiger partial charge in [-0.05, 0) is 12.5 Å². The Hall–Kier alpha value is 0.256. The van der Waals surface area contributed by atoms with Gasteiger partial charge in [-0.15, -0.1) is 0 Å². The Morgan fingerprint density at radius 1 is 1.55 bits per heavy atom. The van der Waals surface area contributed by atoms with Crippen LogP contribution in [-0.4, -0.2) is 4.92 Å². The van der Waals surface area contributed by atoms with E-state index in [0.717, 1.165) is 5.56 Å². The maximum atomic E-state index is 10.2. The number of benzene rings is 1. The Bertz CT molecular complexity index is 267. The van der Waals surface area contributed by atoms with Crippen LogP contribution in [0.25, 0.3) is 0 Å². The SMILES string of the molecule is Cc1cccc([N+](=O)[O-])c1.[H-].[K+]. The minimum absolute atomic E-state index is 0. The zero-order valence-corrected chi connectivity index (χ0v) is 9.70. The number of nitrogens with zero attached hydrogens (tertiary/aromatic N) is 1. The summed E-state index contributed by atoms with van der Waals surface area (Å²) in [5, 5.41) is 10.2. The Labute approximate surface area is 109 Å². The molecule has 0 aliphatic rings. The molecule has 0 bridgehead atoms. The fraction of sp³-hybridized carbons (Fsp3) is 0.143. The van der Waals surface area contributed by atoms with Crippen molar-refractivity contribution < 1.29 is 57.7 Å². The summed E-state index contributed by atoms with van der Waals surface area (Å²) >= 11 is 0. The van der Waals surface area contributed by atoms with Gasteiger partial charge in [0.05, 0.1) is 4.92 Å². The van der Waals surface area contributed by atoms with Crippen molar-refractivity contribution in [3.63, 3.8) is 0 Å². The van der Waals surface area contributed by atoms with Crippen LogP contribution in [-0.2, 0) is 0 Å². The van der Waals surface area contributed by atoms with Crippen LogP contribution in [0.2, 0.25) is 0 Å². The van der Waals surface area contributed by atoms with E-state index in [1.54, 1.807) is 12.1 Å². The van der Waals surface area contributed by atoms with Gasteiger partial charge in [0.15, 0.2) is 0 Å². The Kier molecular flexibility index (Phi) is 5.12. The van der Waals surface area contributed by atoms with Crippen LogP contribution in [0.3, 0.4) is 0 Å². The van der Waals surface area contributed by atoms with E-state index in [2.05, 4.69) is 0 Å². The van der Waals surface area contributed by atoms with Crippen molar-refractivity contribution in [3.05, 3.63) is 39.9 Å². The topological polar surface area (TPSA) is 43.1 Å². The molecule has 11 heavy (non-hydrogen) atoms. The quantitative estimate of drug-likeness (QED) is 0.314. The number of hydrogen-bond acceptors (Lipinski definition) is 2. The first-order chi connectivity index (χ1) is 4.70. The van der Waals surface area contributed by atoms with E-state index in [-0.39, 0.29) is 58.5 Å². The molecule has 0 atom stereocenters. The molecule has 0 fully saturated rings. The van der Waals surface area contributed by atoms with Gasteiger partial charge >= 0.3 is 51.4 Å². The number of aryl methyl sites for hydroxylation is 1. The number of rotatable bonds is 1. The van der Waals surface area contributed by atoms with Crippen LogP contribution in [0.15, 0.2) is 24.3 Å². The molecule has 54 valence electrons. The summed E-state index contributed by atoms with van der Waals surface area (Å²) < 4.78 is 0. The summed E-state index contributed by atoms with van der Waals surface area (Å²) in [5.74, 6) is 0. The third kappa shape index (κ3) is 3.44. The van der Waals surface area contributed by atoms with Gasteiger partial charge in [-0.25, -0.2) is 0 Å². The van der Waals surface area contributed by atoms with Gasteiger partial charge in [-0.3, -0.25) is 10.1 Å². The van der Waals surface area contributed by atoms with Crippen LogP contribution in [0.1, 0.15) is 6.99 Å². The number of nitro groups is 1. The van der Waals surface area contributed by atoms with Gasteiger partial charge in [-0.2, -0.15) is 0 Å². The van der Waals surface area contributed by atoms with Crippen molar-refractivity contribution in [2.24, 2.45) is 0 Å². The number of nitro benzene ring substituents is 1. The standard InChI is InChI=1S/C7H7NO2.K.H/c1-6-3-2-4-7(5-6)8(9)10;;/h2-5H,1H3;;/q;+1;-1. The van der Waals surface area contributed by atoms with Gasteiger partial charge in [0, 0.05) is 12.1 Å². The Morgan fingerprint density at radius 2 is 2.18 bits per heavy atom. The van der Waals surface area contributed by atoms with E-state index in [9.17, 15) is 10.1 Å². The molecule has 1 aromatic rings. The molecule has 1 rings (SSSR count). The average Bonchev–Trinajstić information content (AvgIpc) is 1.88. The Morgan fingerprint density at radius 3 is 2.55 bits per heavy atom. The minimum atomic E-state index is -0.396. The van der Waals surface area contributed by atoms with E-state index in [0.29, 0.717) is 0 Å².